The molecule has 0 unspecified atom stereocenters. The fourth-order valence-electron chi connectivity index (χ4n) is 0. The van der Waals surface area contributed by atoms with Crippen LogP contribution in [0.4, 0.5) is 0 Å². The second kappa shape index (κ2) is 10.6. The Morgan fingerprint density at radius 2 is 0.750 bits per heavy atom. The summed E-state index contributed by atoms with van der Waals surface area (Å²) in [5.74, 6) is 0. The molecule has 0 bridgehead atoms. The molecule has 0 radical (unpaired) electrons. The first kappa shape index (κ1) is 22.6. The van der Waals surface area contributed by atoms with Gasteiger partial charge in [-0.3, -0.25) is 0 Å². The predicted molar refractivity (Wildman–Crippen MR) is 24.4 cm³/mol. The van der Waals surface area contributed by atoms with Gasteiger partial charge in [-0.25, -0.2) is 0 Å². The van der Waals surface area contributed by atoms with Crippen molar-refractivity contribution in [2.45, 2.75) is 0 Å². The van der Waals surface area contributed by atoms with Gasteiger partial charge in [0.25, 0.3) is 0 Å². The maximum absolute atomic E-state index is 8.58. The molecule has 8 heavy (non-hydrogen) atoms. The van der Waals surface area contributed by atoms with Crippen LogP contribution in [-0.2, 0) is 0 Å². The maximum Gasteiger partial charge on any atom is -0.426 e. The third-order valence-corrected chi connectivity index (χ3v) is 0. The fourth-order valence-corrected chi connectivity index (χ4v) is 0. The van der Waals surface area contributed by atoms with Crippen LogP contribution < -0.4 is 19.2 Å². The van der Waals surface area contributed by atoms with Crippen molar-refractivity contribution in [3.05, 3.63) is 0 Å². The van der Waals surface area contributed by atoms with Gasteiger partial charge in [-0.2, -0.15) is 0 Å². The van der Waals surface area contributed by atoms with Crippen LogP contribution in [0, 0.1) is 0 Å². The summed E-state index contributed by atoms with van der Waals surface area (Å²) in [5, 5.41) is 0. The third-order valence-electron chi connectivity index (χ3n) is 0. The van der Waals surface area contributed by atoms with Gasteiger partial charge in [0.15, 0.2) is 0 Å². The van der Waals surface area contributed by atoms with Crippen LogP contribution >= 0.6 is 0 Å². The Labute approximate surface area is 130 Å². The molecule has 0 saturated carbocycles. The molecular formula is HCa2NaO4Si. The molecule has 0 saturated heterocycles. The molecule has 0 rings (SSSR count). The predicted octanol–water partition coefficient (Wildman–Crippen LogP) is -6.55. The van der Waals surface area contributed by atoms with Crippen LogP contribution in [-0.4, -0.2) is 114 Å². The van der Waals surface area contributed by atoms with E-state index in [9.17, 15) is 0 Å². The molecule has 0 aliphatic rings. The van der Waals surface area contributed by atoms with Crippen LogP contribution in [0.1, 0.15) is 0 Å². The summed E-state index contributed by atoms with van der Waals surface area (Å²) in [7, 11) is -5.61. The SMILES string of the molecule is [Ca+2].[Ca+2].[NaH].[O-][Si]([O-])([O-])[O-]. The standard InChI is InChI=1S/2Ca.Na.O4Si.H/c;;;1-5(2,3)4;/q2*+2;;-4;. The zero-order valence-electron chi connectivity index (χ0n) is 3.55. The van der Waals surface area contributed by atoms with Crippen LogP contribution in [0.15, 0.2) is 0 Å². The second-order valence-corrected chi connectivity index (χ2v) is 1.50. The zero-order chi connectivity index (χ0) is 4.50. The summed E-state index contributed by atoms with van der Waals surface area (Å²) in [4.78, 5) is 34.3. The molecule has 0 N–H and O–H groups in total. The Hall–Kier alpha value is 3.58. The first-order valence-corrected chi connectivity index (χ1v) is 2.45. The summed E-state index contributed by atoms with van der Waals surface area (Å²) in [6, 6.07) is 0. The fraction of sp³-hybridized carbons (Fsp3) is 0. The Kier molecular flexibility index (Phi) is 29.8. The molecule has 8 heteroatoms. The minimum absolute atomic E-state index is 0. The van der Waals surface area contributed by atoms with Crippen molar-refractivity contribution in [1.29, 1.82) is 0 Å². The third kappa shape index (κ3) is 55.1. The van der Waals surface area contributed by atoms with Gasteiger partial charge in [-0.05, 0) is 0 Å². The molecular weight excluding hydrogens is 195 g/mol. The monoisotopic (exact) mass is 196 g/mol. The first-order chi connectivity index (χ1) is 2.00. The van der Waals surface area contributed by atoms with E-state index < -0.39 is 9.05 Å². The average Bonchev–Trinajstić information content (AvgIpc) is 0.722. The van der Waals surface area contributed by atoms with Gasteiger partial charge in [0, 0.05) is 0 Å². The van der Waals surface area contributed by atoms with Crippen LogP contribution in [0.2, 0.25) is 0 Å². The van der Waals surface area contributed by atoms with Crippen molar-refractivity contribution in [3.8, 4) is 0 Å². The Morgan fingerprint density at radius 3 is 0.750 bits per heavy atom. The average molecular weight is 196 g/mol. The van der Waals surface area contributed by atoms with Gasteiger partial charge in [-0.1, -0.05) is 0 Å². The molecule has 4 nitrogen and oxygen atoms in total. The maximum atomic E-state index is 8.58. The summed E-state index contributed by atoms with van der Waals surface area (Å²) in [6.07, 6.45) is 0. The van der Waals surface area contributed by atoms with Crippen LogP contribution in [0.3, 0.4) is 0 Å². The van der Waals surface area contributed by atoms with E-state index >= 15 is 0 Å². The van der Waals surface area contributed by atoms with Gasteiger partial charge in [0.05, 0.1) is 0 Å². The summed E-state index contributed by atoms with van der Waals surface area (Å²) in [5.41, 5.74) is 0. The minimum atomic E-state index is -5.61. The Morgan fingerprint density at radius 1 is 0.750 bits per heavy atom. The largest absolute Gasteiger partial charge is 0.894 e. The Bertz CT molecular complexity index is 29.5. The van der Waals surface area contributed by atoms with Gasteiger partial charge in [0.1, 0.15) is 0 Å². The molecule has 34 valence electrons. The number of hydrogen-bond acceptors (Lipinski definition) is 4. The minimum Gasteiger partial charge on any atom is -0.894 e. The zero-order valence-corrected chi connectivity index (χ0v) is 8.96. The molecule has 0 aromatic carbocycles. The van der Waals surface area contributed by atoms with Crippen LogP contribution in [0.25, 0.3) is 0 Å². The van der Waals surface area contributed by atoms with Gasteiger partial charge < -0.3 is 28.2 Å². The van der Waals surface area contributed by atoms with Crippen LogP contribution in [0.5, 0.6) is 0 Å². The molecule has 0 aromatic heterocycles. The normalized spacial score (nSPS) is 7.50. The molecule has 0 spiro atoms. The second-order valence-electron chi connectivity index (χ2n) is 0.500. The number of rotatable bonds is 0. The van der Waals surface area contributed by atoms with E-state index in [1.54, 1.807) is 0 Å². The first-order valence-electron chi connectivity index (χ1n) is 0.816. The Balaban J connectivity index is -0.0000000267. The summed E-state index contributed by atoms with van der Waals surface area (Å²) >= 11 is 0. The topological polar surface area (TPSA) is 92.2 Å². The van der Waals surface area contributed by atoms with E-state index in [1.165, 1.54) is 0 Å². The van der Waals surface area contributed by atoms with Crippen molar-refractivity contribution >= 4 is 114 Å². The molecule has 0 heterocycles. The quantitative estimate of drug-likeness (QED) is 0.360. The van der Waals surface area contributed by atoms with E-state index in [-0.39, 0.29) is 105 Å². The van der Waals surface area contributed by atoms with Crippen molar-refractivity contribution < 1.29 is 19.2 Å². The summed E-state index contributed by atoms with van der Waals surface area (Å²) in [6.45, 7) is 0. The van der Waals surface area contributed by atoms with Crippen molar-refractivity contribution in [2.24, 2.45) is 0 Å². The van der Waals surface area contributed by atoms with Gasteiger partial charge in [-0.15, -0.1) is 0 Å². The van der Waals surface area contributed by atoms with E-state index in [2.05, 4.69) is 0 Å². The van der Waals surface area contributed by atoms with E-state index in [1.807, 2.05) is 0 Å². The van der Waals surface area contributed by atoms with Crippen molar-refractivity contribution in [3.63, 3.8) is 0 Å². The van der Waals surface area contributed by atoms with Gasteiger partial charge >= 0.3 is 105 Å². The molecule has 0 aromatic rings. The smallest absolute Gasteiger partial charge is 0.426 e. The molecule has 0 atom stereocenters. The van der Waals surface area contributed by atoms with E-state index in [0.29, 0.717) is 0 Å². The van der Waals surface area contributed by atoms with E-state index in [4.69, 9.17) is 19.2 Å². The molecule has 0 fully saturated rings. The van der Waals surface area contributed by atoms with Crippen molar-refractivity contribution in [2.75, 3.05) is 0 Å². The summed E-state index contributed by atoms with van der Waals surface area (Å²) < 4.78 is 0. The molecule has 0 aliphatic carbocycles. The van der Waals surface area contributed by atoms with Crippen molar-refractivity contribution in [1.82, 2.24) is 0 Å². The number of hydrogen-bond donors (Lipinski definition) is 0. The van der Waals surface area contributed by atoms with E-state index in [0.717, 1.165) is 0 Å². The molecule has 0 aliphatic heterocycles. The van der Waals surface area contributed by atoms with Gasteiger partial charge in [0.2, 0.25) is 0 Å². The molecule has 0 amide bonds.